The molecule has 0 saturated heterocycles. The molecule has 2 nitrogen and oxygen atoms in total. The summed E-state index contributed by atoms with van der Waals surface area (Å²) in [7, 11) is 2.22. The minimum atomic E-state index is 0.820. The molecule has 1 fully saturated rings. The highest BCUT2D eigenvalue weighted by molar-refractivity contribution is 5.84. The number of nitrogens with zero attached hydrogens (tertiary/aromatic N) is 1. The summed E-state index contributed by atoms with van der Waals surface area (Å²) in [6, 6.07) is 12.9. The number of aryl methyl sites for hydroxylation is 3. The van der Waals surface area contributed by atoms with Crippen LogP contribution in [0.2, 0.25) is 0 Å². The Morgan fingerprint density at radius 2 is 1.75 bits per heavy atom. The second-order valence-corrected chi connectivity index (χ2v) is 6.93. The Balaban J connectivity index is 2.12. The molecular weight excluding hydrogens is 292 g/mol. The zero-order valence-corrected chi connectivity index (χ0v) is 15.3. The molecule has 0 radical (unpaired) electrons. The van der Waals surface area contributed by atoms with Crippen LogP contribution in [-0.2, 0) is 6.42 Å². The number of nitrogen functional groups attached to an aromatic ring is 1. The van der Waals surface area contributed by atoms with Crippen molar-refractivity contribution in [2.75, 3.05) is 17.7 Å². The van der Waals surface area contributed by atoms with E-state index in [2.05, 4.69) is 57.0 Å². The van der Waals surface area contributed by atoms with Gasteiger partial charge in [0, 0.05) is 24.1 Å². The zero-order chi connectivity index (χ0) is 17.3. The molecule has 0 aliphatic heterocycles. The van der Waals surface area contributed by atoms with E-state index in [1.54, 1.807) is 5.57 Å². The fraction of sp³-hybridized carbons (Fsp3) is 0.364. The van der Waals surface area contributed by atoms with Gasteiger partial charge >= 0.3 is 0 Å². The van der Waals surface area contributed by atoms with Gasteiger partial charge in [-0.2, -0.15) is 0 Å². The van der Waals surface area contributed by atoms with Crippen LogP contribution in [0.1, 0.15) is 48.4 Å². The van der Waals surface area contributed by atoms with Crippen molar-refractivity contribution in [2.24, 2.45) is 0 Å². The van der Waals surface area contributed by atoms with E-state index in [0.717, 1.165) is 12.1 Å². The van der Waals surface area contributed by atoms with Gasteiger partial charge in [0.15, 0.2) is 0 Å². The summed E-state index contributed by atoms with van der Waals surface area (Å²) in [5.74, 6) is 0. The molecule has 1 aliphatic carbocycles. The number of nitrogens with two attached hydrogens (primary N) is 1. The maximum Gasteiger partial charge on any atom is 0.0473 e. The molecule has 3 rings (SSSR count). The van der Waals surface area contributed by atoms with Crippen LogP contribution in [0.5, 0.6) is 0 Å². The third-order valence-electron chi connectivity index (χ3n) is 5.05. The first-order chi connectivity index (χ1) is 11.5. The highest BCUT2D eigenvalue weighted by Crippen LogP contribution is 2.39. The van der Waals surface area contributed by atoms with Crippen LogP contribution in [0.25, 0.3) is 5.70 Å². The van der Waals surface area contributed by atoms with Crippen molar-refractivity contribution in [3.63, 3.8) is 0 Å². The molecule has 0 spiro atoms. The van der Waals surface area contributed by atoms with Crippen LogP contribution >= 0.6 is 0 Å². The molecule has 24 heavy (non-hydrogen) atoms. The van der Waals surface area contributed by atoms with Crippen molar-refractivity contribution in [3.8, 4) is 0 Å². The third kappa shape index (κ3) is 3.06. The van der Waals surface area contributed by atoms with Gasteiger partial charge in [0.2, 0.25) is 0 Å². The standard InChI is InChI=1S/C22H28N2/c1-5-17-14-15(2)13-16(3)21(17)24(4)22(18-7-6-8-18)19-9-11-20(23)12-10-19/h9-14H,5-8,23H2,1-4H3. The predicted molar refractivity (Wildman–Crippen MR) is 105 cm³/mol. The maximum absolute atomic E-state index is 5.89. The summed E-state index contributed by atoms with van der Waals surface area (Å²) in [4.78, 5) is 2.41. The van der Waals surface area contributed by atoms with E-state index in [9.17, 15) is 0 Å². The number of rotatable bonds is 4. The summed E-state index contributed by atoms with van der Waals surface area (Å²) < 4.78 is 0. The number of hydrogen-bond donors (Lipinski definition) is 1. The van der Waals surface area contributed by atoms with Crippen LogP contribution in [0.15, 0.2) is 42.0 Å². The molecule has 0 atom stereocenters. The molecule has 0 unspecified atom stereocenters. The smallest absolute Gasteiger partial charge is 0.0473 e. The zero-order valence-electron chi connectivity index (χ0n) is 15.3. The van der Waals surface area contributed by atoms with Gasteiger partial charge in [-0.1, -0.05) is 36.8 Å². The van der Waals surface area contributed by atoms with Crippen molar-refractivity contribution in [2.45, 2.75) is 46.5 Å². The first kappa shape index (κ1) is 16.6. The monoisotopic (exact) mass is 320 g/mol. The van der Waals surface area contributed by atoms with Gasteiger partial charge in [-0.25, -0.2) is 0 Å². The number of allylic oxidation sites excluding steroid dienone is 1. The van der Waals surface area contributed by atoms with Crippen LogP contribution < -0.4 is 10.6 Å². The van der Waals surface area contributed by atoms with E-state index in [1.807, 2.05) is 12.1 Å². The van der Waals surface area contributed by atoms with Crippen molar-refractivity contribution >= 4 is 17.1 Å². The molecule has 0 amide bonds. The molecule has 1 aliphatic rings. The molecular formula is C22H28N2. The minimum absolute atomic E-state index is 0.820. The van der Waals surface area contributed by atoms with E-state index in [4.69, 9.17) is 5.73 Å². The van der Waals surface area contributed by atoms with Crippen LogP contribution in [0, 0.1) is 13.8 Å². The summed E-state index contributed by atoms with van der Waals surface area (Å²) in [5.41, 5.74) is 16.4. The lowest BCUT2D eigenvalue weighted by atomic mass is 9.87. The lowest BCUT2D eigenvalue weighted by molar-refractivity contribution is 0.662. The van der Waals surface area contributed by atoms with E-state index in [1.165, 1.54) is 52.9 Å². The Kier molecular flexibility index (Phi) is 4.66. The van der Waals surface area contributed by atoms with Crippen molar-refractivity contribution in [1.82, 2.24) is 0 Å². The second-order valence-electron chi connectivity index (χ2n) is 6.93. The van der Waals surface area contributed by atoms with Crippen molar-refractivity contribution in [3.05, 3.63) is 64.2 Å². The minimum Gasteiger partial charge on any atom is -0.399 e. The van der Waals surface area contributed by atoms with E-state index < -0.39 is 0 Å². The SMILES string of the molecule is CCc1cc(C)cc(C)c1N(C)C(=C1CCC1)c1ccc(N)cc1. The van der Waals surface area contributed by atoms with Crippen molar-refractivity contribution in [1.29, 1.82) is 0 Å². The Morgan fingerprint density at radius 3 is 2.29 bits per heavy atom. The highest BCUT2D eigenvalue weighted by Gasteiger charge is 2.22. The number of hydrogen-bond acceptors (Lipinski definition) is 2. The molecule has 126 valence electrons. The second kappa shape index (κ2) is 6.72. The molecule has 2 aromatic carbocycles. The molecule has 2 N–H and O–H groups in total. The predicted octanol–water partition coefficient (Wildman–Crippen LogP) is 5.48. The first-order valence-corrected chi connectivity index (χ1v) is 8.93. The molecule has 2 heteroatoms. The molecule has 0 heterocycles. The summed E-state index contributed by atoms with van der Waals surface area (Å²) in [6.45, 7) is 6.65. The Morgan fingerprint density at radius 1 is 1.08 bits per heavy atom. The van der Waals surface area contributed by atoms with Gasteiger partial charge in [-0.3, -0.25) is 0 Å². The topological polar surface area (TPSA) is 29.3 Å². The Hall–Kier alpha value is -2.22. The van der Waals surface area contributed by atoms with Gasteiger partial charge in [0.25, 0.3) is 0 Å². The summed E-state index contributed by atoms with van der Waals surface area (Å²) in [5, 5.41) is 0. The average Bonchev–Trinajstić information content (AvgIpc) is 2.50. The fourth-order valence-corrected chi connectivity index (χ4v) is 3.78. The van der Waals surface area contributed by atoms with Crippen molar-refractivity contribution < 1.29 is 0 Å². The lowest BCUT2D eigenvalue weighted by Crippen LogP contribution is -2.22. The largest absolute Gasteiger partial charge is 0.399 e. The van der Waals surface area contributed by atoms with Crippen LogP contribution in [0.3, 0.4) is 0 Å². The number of benzene rings is 2. The fourth-order valence-electron chi connectivity index (χ4n) is 3.78. The summed E-state index contributed by atoms with van der Waals surface area (Å²) in [6.07, 6.45) is 4.76. The first-order valence-electron chi connectivity index (χ1n) is 8.93. The van der Waals surface area contributed by atoms with E-state index in [-0.39, 0.29) is 0 Å². The lowest BCUT2D eigenvalue weighted by Gasteiger charge is -2.33. The quantitative estimate of drug-likeness (QED) is 0.756. The van der Waals surface area contributed by atoms with Gasteiger partial charge in [-0.05, 0) is 73.9 Å². The number of anilines is 2. The Bertz CT molecular complexity index is 763. The maximum atomic E-state index is 5.89. The average molecular weight is 320 g/mol. The van der Waals surface area contributed by atoms with Crippen LogP contribution in [0.4, 0.5) is 11.4 Å². The van der Waals surface area contributed by atoms with E-state index in [0.29, 0.717) is 0 Å². The Labute approximate surface area is 146 Å². The van der Waals surface area contributed by atoms with Gasteiger partial charge < -0.3 is 10.6 Å². The molecule has 2 aromatic rings. The van der Waals surface area contributed by atoms with Gasteiger partial charge in [0.05, 0.1) is 0 Å². The normalized spacial score (nSPS) is 13.6. The van der Waals surface area contributed by atoms with E-state index >= 15 is 0 Å². The molecule has 0 aromatic heterocycles. The van der Waals surface area contributed by atoms with Crippen LogP contribution in [-0.4, -0.2) is 7.05 Å². The molecule has 1 saturated carbocycles. The highest BCUT2D eigenvalue weighted by atomic mass is 15.1. The van der Waals surface area contributed by atoms with Gasteiger partial charge in [0.1, 0.15) is 0 Å². The summed E-state index contributed by atoms with van der Waals surface area (Å²) >= 11 is 0. The molecule has 0 bridgehead atoms. The third-order valence-corrected chi connectivity index (χ3v) is 5.05. The van der Waals surface area contributed by atoms with Gasteiger partial charge in [-0.15, -0.1) is 0 Å².